The number of amides is 1. The van der Waals surface area contributed by atoms with E-state index in [0.717, 1.165) is 18.4 Å². The summed E-state index contributed by atoms with van der Waals surface area (Å²) in [5.74, 6) is -0.252. The monoisotopic (exact) mass is 386 g/mol. The van der Waals surface area contributed by atoms with Gasteiger partial charge in [-0.2, -0.15) is 0 Å². The van der Waals surface area contributed by atoms with Crippen LogP contribution in [0, 0.1) is 5.82 Å². The van der Waals surface area contributed by atoms with Gasteiger partial charge in [0.1, 0.15) is 5.82 Å². The highest BCUT2D eigenvalue weighted by atomic mass is 32.2. The summed E-state index contributed by atoms with van der Waals surface area (Å²) in [6, 6.07) is 4.94. The van der Waals surface area contributed by atoms with Crippen LogP contribution in [0.15, 0.2) is 18.2 Å². The maximum absolute atomic E-state index is 13.4. The first-order valence-electron chi connectivity index (χ1n) is 8.83. The second-order valence-electron chi connectivity index (χ2n) is 7.18. The Morgan fingerprint density at radius 3 is 2.38 bits per heavy atom. The minimum Gasteiger partial charge on any atom is -0.447 e. The van der Waals surface area contributed by atoms with E-state index in [0.29, 0.717) is 18.7 Å². The number of fused-ring (bicyclic) bond motifs is 1. The fraction of sp³-hybridized carbons (Fsp3) is 0.611. The number of sulfonamides is 1. The fourth-order valence-electron chi connectivity index (χ4n) is 2.59. The van der Waals surface area contributed by atoms with E-state index in [2.05, 4.69) is 4.72 Å². The number of ether oxygens (including phenoxy) is 1. The lowest BCUT2D eigenvalue weighted by Crippen LogP contribution is -2.32. The zero-order chi connectivity index (χ0) is 19.5. The van der Waals surface area contributed by atoms with Crippen molar-refractivity contribution in [2.45, 2.75) is 71.0 Å². The lowest BCUT2D eigenvalue weighted by molar-refractivity contribution is 0.0759. The van der Waals surface area contributed by atoms with Crippen LogP contribution >= 0.6 is 0 Å². The summed E-state index contributed by atoms with van der Waals surface area (Å²) in [4.78, 5) is 13.1. The third-order valence-electron chi connectivity index (χ3n) is 3.88. The van der Waals surface area contributed by atoms with E-state index < -0.39 is 10.0 Å². The minimum absolute atomic E-state index is 0.0330. The van der Waals surface area contributed by atoms with Crippen LogP contribution in [0.1, 0.15) is 51.7 Å². The molecule has 146 valence electrons. The summed E-state index contributed by atoms with van der Waals surface area (Å²) in [6.07, 6.45) is 1.14. The topological polar surface area (TPSA) is 75.7 Å². The van der Waals surface area contributed by atoms with Gasteiger partial charge in [0.25, 0.3) is 0 Å². The van der Waals surface area contributed by atoms with Crippen LogP contribution < -0.4 is 4.72 Å². The number of halogens is 1. The molecule has 1 aromatic rings. The van der Waals surface area contributed by atoms with E-state index >= 15 is 0 Å². The van der Waals surface area contributed by atoms with Crippen LogP contribution in [0.5, 0.6) is 0 Å². The molecule has 1 saturated carbocycles. The first-order chi connectivity index (χ1) is 12.1. The quantitative estimate of drug-likeness (QED) is 0.862. The molecule has 1 fully saturated rings. The number of benzene rings is 1. The van der Waals surface area contributed by atoms with Crippen LogP contribution in [0.3, 0.4) is 0 Å². The van der Waals surface area contributed by atoms with Gasteiger partial charge in [-0.1, -0.05) is 12.1 Å². The molecule has 8 heteroatoms. The number of nitrogens with one attached hydrogen (secondary N) is 1. The van der Waals surface area contributed by atoms with Gasteiger partial charge in [-0.3, -0.25) is 4.90 Å². The predicted octanol–water partition coefficient (Wildman–Crippen LogP) is 3.16. The second-order valence-corrected chi connectivity index (χ2v) is 9.18. The Kier molecular flexibility index (Phi) is 6.63. The van der Waals surface area contributed by atoms with E-state index in [9.17, 15) is 17.6 Å². The van der Waals surface area contributed by atoms with Crippen molar-refractivity contribution in [3.63, 3.8) is 0 Å². The molecular formula is C18H27FN2O4S. The predicted molar refractivity (Wildman–Crippen MR) is 97.5 cm³/mol. The zero-order valence-electron chi connectivity index (χ0n) is 15.7. The van der Waals surface area contributed by atoms with Crippen molar-refractivity contribution < 1.29 is 22.3 Å². The van der Waals surface area contributed by atoms with Crippen LogP contribution in [0.25, 0.3) is 0 Å². The largest absolute Gasteiger partial charge is 0.447 e. The van der Waals surface area contributed by atoms with Gasteiger partial charge in [0, 0.05) is 18.2 Å². The van der Waals surface area contributed by atoms with Crippen molar-refractivity contribution in [1.82, 2.24) is 9.62 Å². The van der Waals surface area contributed by atoms with Gasteiger partial charge in [-0.25, -0.2) is 22.3 Å². The average Bonchev–Trinajstić information content (AvgIpc) is 3.27. The minimum atomic E-state index is -2.94. The Morgan fingerprint density at radius 1 is 1.23 bits per heavy atom. The number of carbonyl (C=O) groups is 1. The third-order valence-corrected chi connectivity index (χ3v) is 6.03. The molecule has 0 spiro atoms. The molecule has 0 atom stereocenters. The van der Waals surface area contributed by atoms with Crippen molar-refractivity contribution in [1.29, 1.82) is 0 Å². The summed E-state index contributed by atoms with van der Waals surface area (Å²) in [7, 11) is -2.94. The summed E-state index contributed by atoms with van der Waals surface area (Å²) < 4.78 is 43.2. The van der Waals surface area contributed by atoms with E-state index in [1.54, 1.807) is 19.9 Å². The molecule has 0 saturated heterocycles. The molecule has 1 aliphatic heterocycles. The van der Waals surface area contributed by atoms with Gasteiger partial charge in [0.2, 0.25) is 10.0 Å². The summed E-state index contributed by atoms with van der Waals surface area (Å²) in [5.41, 5.74) is 1.46. The lowest BCUT2D eigenvalue weighted by atomic mass is 10.1. The van der Waals surface area contributed by atoms with Crippen molar-refractivity contribution >= 4 is 16.1 Å². The van der Waals surface area contributed by atoms with Crippen molar-refractivity contribution in [3.8, 4) is 0 Å². The van der Waals surface area contributed by atoms with Gasteiger partial charge >= 0.3 is 6.09 Å². The van der Waals surface area contributed by atoms with Crippen molar-refractivity contribution in [2.24, 2.45) is 0 Å². The molecule has 1 N–H and O–H groups in total. The molecule has 0 unspecified atom stereocenters. The lowest BCUT2D eigenvalue weighted by Gasteiger charge is -2.17. The van der Waals surface area contributed by atoms with Gasteiger partial charge in [0.15, 0.2) is 0 Å². The standard InChI is InChI=1S/C12H14FNO2.C6H13NO2S/c1-8(2)16-12(15)14-6-9-4-3-5-11(13)10(9)7-14;1-5(2)7-10(8,9)6-3-4-6/h3-5,8H,6-7H2,1-2H3;5-7H,3-4H2,1-2H3. The maximum atomic E-state index is 13.4. The molecular weight excluding hydrogens is 359 g/mol. The second kappa shape index (κ2) is 8.35. The number of carbonyl (C=O) groups excluding carboxylic acids is 1. The van der Waals surface area contributed by atoms with Gasteiger partial charge in [-0.15, -0.1) is 0 Å². The number of hydrogen-bond donors (Lipinski definition) is 1. The summed E-state index contributed by atoms with van der Waals surface area (Å²) >= 11 is 0. The Bertz CT molecular complexity index is 746. The first kappa shape index (κ1) is 20.6. The molecule has 1 heterocycles. The summed E-state index contributed by atoms with van der Waals surface area (Å²) in [6.45, 7) is 7.98. The smallest absolute Gasteiger partial charge is 0.410 e. The number of rotatable bonds is 4. The van der Waals surface area contributed by atoms with E-state index in [-0.39, 0.29) is 29.3 Å². The highest BCUT2D eigenvalue weighted by Gasteiger charge is 2.35. The molecule has 1 aliphatic carbocycles. The van der Waals surface area contributed by atoms with Crippen LogP contribution in [0.4, 0.5) is 9.18 Å². The van der Waals surface area contributed by atoms with E-state index in [1.807, 2.05) is 19.9 Å². The van der Waals surface area contributed by atoms with Crippen molar-refractivity contribution in [2.75, 3.05) is 0 Å². The fourth-order valence-corrected chi connectivity index (χ4v) is 4.20. The molecule has 1 amide bonds. The Hall–Kier alpha value is -1.67. The number of hydrogen-bond acceptors (Lipinski definition) is 4. The van der Waals surface area contributed by atoms with E-state index in [1.165, 1.54) is 11.0 Å². The van der Waals surface area contributed by atoms with E-state index in [4.69, 9.17) is 4.74 Å². The molecule has 0 bridgehead atoms. The molecule has 3 rings (SSSR count). The highest BCUT2D eigenvalue weighted by Crippen LogP contribution is 2.27. The highest BCUT2D eigenvalue weighted by molar-refractivity contribution is 7.90. The number of nitrogens with zero attached hydrogens (tertiary/aromatic N) is 1. The molecule has 0 aromatic heterocycles. The SMILES string of the molecule is CC(C)NS(=O)(=O)C1CC1.CC(C)OC(=O)N1Cc2cccc(F)c2C1. The Labute approximate surface area is 154 Å². The molecule has 2 aliphatic rings. The van der Waals surface area contributed by atoms with Gasteiger partial charge in [0.05, 0.1) is 17.9 Å². The van der Waals surface area contributed by atoms with Gasteiger partial charge in [-0.05, 0) is 52.2 Å². The summed E-state index contributed by atoms with van der Waals surface area (Å²) in [5, 5.41) is -0.0881. The average molecular weight is 386 g/mol. The normalized spacial score (nSPS) is 16.3. The van der Waals surface area contributed by atoms with Crippen LogP contribution in [0.2, 0.25) is 0 Å². The first-order valence-corrected chi connectivity index (χ1v) is 10.4. The molecule has 26 heavy (non-hydrogen) atoms. The van der Waals surface area contributed by atoms with Crippen LogP contribution in [-0.2, 0) is 27.8 Å². The Balaban J connectivity index is 0.000000209. The van der Waals surface area contributed by atoms with Crippen molar-refractivity contribution in [3.05, 3.63) is 35.1 Å². The Morgan fingerprint density at radius 2 is 1.88 bits per heavy atom. The third kappa shape index (κ3) is 5.67. The van der Waals surface area contributed by atoms with Gasteiger partial charge < -0.3 is 4.74 Å². The maximum Gasteiger partial charge on any atom is 0.410 e. The zero-order valence-corrected chi connectivity index (χ0v) is 16.5. The molecule has 6 nitrogen and oxygen atoms in total. The van der Waals surface area contributed by atoms with Crippen LogP contribution in [-0.4, -0.2) is 36.8 Å². The molecule has 1 aromatic carbocycles. The molecule has 0 radical (unpaired) electrons.